The van der Waals surface area contributed by atoms with E-state index >= 15 is 0 Å². The lowest BCUT2D eigenvalue weighted by molar-refractivity contribution is -0.132. The van der Waals surface area contributed by atoms with Gasteiger partial charge in [0.1, 0.15) is 0 Å². The number of aliphatic hydroxyl groups excluding tert-OH is 2. The maximum absolute atomic E-state index is 12.4. The molecule has 4 heteroatoms. The van der Waals surface area contributed by atoms with Gasteiger partial charge in [-0.05, 0) is 29.7 Å². The Balaban J connectivity index is 1.76. The largest absolute Gasteiger partial charge is 0.390 e. The molecule has 3 N–H and O–H groups in total. The van der Waals surface area contributed by atoms with Crippen molar-refractivity contribution in [2.75, 3.05) is 0 Å². The van der Waals surface area contributed by atoms with Crippen molar-refractivity contribution in [3.8, 4) is 0 Å². The van der Waals surface area contributed by atoms with Crippen LogP contribution in [0.15, 0.2) is 30.3 Å². The summed E-state index contributed by atoms with van der Waals surface area (Å²) >= 11 is 0. The first kappa shape index (κ1) is 15.5. The zero-order valence-electron chi connectivity index (χ0n) is 13.4. The standard InChI is InChI=1S/C18H25NO3/c1-17(2)12-9-10-18(17,3)15(21)13(12)19-16(22)14(20)11-7-5-4-6-8-11/h4-8,12-15,20-21H,9-10H2,1-3H3,(H,19,22)/t12-,13-,14+,15-,18+/m1/s1. The minimum atomic E-state index is -1.19. The van der Waals surface area contributed by atoms with Gasteiger partial charge in [-0.1, -0.05) is 51.1 Å². The molecule has 2 fully saturated rings. The molecule has 0 saturated heterocycles. The van der Waals surface area contributed by atoms with E-state index in [2.05, 4.69) is 26.1 Å². The molecular formula is C18H25NO3. The molecule has 0 spiro atoms. The summed E-state index contributed by atoms with van der Waals surface area (Å²) in [5.74, 6) is -0.179. The van der Waals surface area contributed by atoms with E-state index in [0.29, 0.717) is 5.56 Å². The van der Waals surface area contributed by atoms with Gasteiger partial charge in [-0.2, -0.15) is 0 Å². The number of fused-ring (bicyclic) bond motifs is 2. The van der Waals surface area contributed by atoms with E-state index < -0.39 is 18.1 Å². The highest BCUT2D eigenvalue weighted by atomic mass is 16.3. The second-order valence-corrected chi connectivity index (χ2v) is 7.58. The van der Waals surface area contributed by atoms with Crippen LogP contribution in [-0.4, -0.2) is 28.3 Å². The summed E-state index contributed by atoms with van der Waals surface area (Å²) in [5, 5.41) is 23.8. The van der Waals surface area contributed by atoms with Crippen LogP contribution in [0.25, 0.3) is 0 Å². The molecule has 3 rings (SSSR count). The van der Waals surface area contributed by atoms with E-state index in [9.17, 15) is 15.0 Å². The van der Waals surface area contributed by atoms with Crippen LogP contribution >= 0.6 is 0 Å². The summed E-state index contributed by atoms with van der Waals surface area (Å²) < 4.78 is 0. The Kier molecular flexibility index (Phi) is 3.57. The molecular weight excluding hydrogens is 278 g/mol. The van der Waals surface area contributed by atoms with Crippen molar-refractivity contribution in [1.29, 1.82) is 0 Å². The normalized spacial score (nSPS) is 37.0. The maximum atomic E-state index is 12.4. The monoisotopic (exact) mass is 303 g/mol. The van der Waals surface area contributed by atoms with Gasteiger partial charge in [0.2, 0.25) is 0 Å². The highest BCUT2D eigenvalue weighted by Gasteiger charge is 2.66. The summed E-state index contributed by atoms with van der Waals surface area (Å²) in [7, 11) is 0. The molecule has 1 aromatic rings. The van der Waals surface area contributed by atoms with Crippen molar-refractivity contribution in [3.05, 3.63) is 35.9 Å². The smallest absolute Gasteiger partial charge is 0.253 e. The summed E-state index contributed by atoms with van der Waals surface area (Å²) in [4.78, 5) is 12.4. The molecule has 0 aliphatic heterocycles. The van der Waals surface area contributed by atoms with Gasteiger partial charge in [-0.25, -0.2) is 0 Å². The van der Waals surface area contributed by atoms with Crippen LogP contribution in [0.4, 0.5) is 0 Å². The molecule has 2 saturated carbocycles. The Morgan fingerprint density at radius 1 is 1.27 bits per heavy atom. The first-order chi connectivity index (χ1) is 10.3. The molecule has 120 valence electrons. The fraction of sp³-hybridized carbons (Fsp3) is 0.611. The van der Waals surface area contributed by atoms with Crippen LogP contribution in [0.5, 0.6) is 0 Å². The number of nitrogens with one attached hydrogen (secondary N) is 1. The third-order valence-electron chi connectivity index (χ3n) is 6.47. The lowest BCUT2D eigenvalue weighted by atomic mass is 9.70. The van der Waals surface area contributed by atoms with Gasteiger partial charge in [0.05, 0.1) is 12.1 Å². The number of amides is 1. The van der Waals surface area contributed by atoms with Gasteiger partial charge in [0.25, 0.3) is 5.91 Å². The van der Waals surface area contributed by atoms with Crippen LogP contribution in [0.2, 0.25) is 0 Å². The molecule has 1 aromatic carbocycles. The minimum Gasteiger partial charge on any atom is -0.390 e. The fourth-order valence-corrected chi connectivity index (χ4v) is 4.55. The molecule has 22 heavy (non-hydrogen) atoms. The molecule has 2 aliphatic rings. The summed E-state index contributed by atoms with van der Waals surface area (Å²) in [6.45, 7) is 6.46. The number of rotatable bonds is 3. The second-order valence-electron chi connectivity index (χ2n) is 7.58. The van der Waals surface area contributed by atoms with Crippen molar-refractivity contribution >= 4 is 5.91 Å². The quantitative estimate of drug-likeness (QED) is 0.800. The van der Waals surface area contributed by atoms with E-state index in [1.54, 1.807) is 24.3 Å². The van der Waals surface area contributed by atoms with Gasteiger partial charge in [-0.15, -0.1) is 0 Å². The van der Waals surface area contributed by atoms with Gasteiger partial charge < -0.3 is 15.5 Å². The Morgan fingerprint density at radius 2 is 1.91 bits per heavy atom. The van der Waals surface area contributed by atoms with Crippen molar-refractivity contribution in [1.82, 2.24) is 5.32 Å². The molecule has 5 atom stereocenters. The zero-order valence-corrected chi connectivity index (χ0v) is 13.4. The number of hydrogen-bond acceptors (Lipinski definition) is 3. The lowest BCUT2D eigenvalue weighted by Crippen LogP contribution is -2.50. The molecule has 0 radical (unpaired) electrons. The molecule has 0 heterocycles. The van der Waals surface area contributed by atoms with Crippen LogP contribution in [0.3, 0.4) is 0 Å². The maximum Gasteiger partial charge on any atom is 0.253 e. The van der Waals surface area contributed by atoms with Crippen molar-refractivity contribution in [3.63, 3.8) is 0 Å². The summed E-state index contributed by atoms with van der Waals surface area (Å²) in [5.41, 5.74) is 0.387. The van der Waals surface area contributed by atoms with Crippen molar-refractivity contribution in [2.24, 2.45) is 16.7 Å². The minimum absolute atomic E-state index is 0.0118. The van der Waals surface area contributed by atoms with Crippen molar-refractivity contribution in [2.45, 2.75) is 51.9 Å². The lowest BCUT2D eigenvalue weighted by Gasteiger charge is -2.37. The Morgan fingerprint density at radius 3 is 2.45 bits per heavy atom. The van der Waals surface area contributed by atoms with Gasteiger partial charge in [0.15, 0.2) is 6.10 Å². The average molecular weight is 303 g/mol. The number of carbonyl (C=O) groups is 1. The van der Waals surface area contributed by atoms with E-state index in [0.717, 1.165) is 12.8 Å². The molecule has 2 aliphatic carbocycles. The Hall–Kier alpha value is -1.39. The van der Waals surface area contributed by atoms with E-state index in [1.807, 2.05) is 6.07 Å². The first-order valence-corrected chi connectivity index (χ1v) is 8.00. The van der Waals surface area contributed by atoms with Crippen LogP contribution < -0.4 is 5.32 Å². The SMILES string of the molecule is CC1(C)[C@@H]2CC[C@@]1(C)[C@H](O)[C@@H]2NC(=O)[C@@H](O)c1ccccc1. The van der Waals surface area contributed by atoms with Gasteiger partial charge in [-0.3, -0.25) is 4.79 Å². The molecule has 0 unspecified atom stereocenters. The third kappa shape index (κ3) is 2.01. The van der Waals surface area contributed by atoms with E-state index in [1.165, 1.54) is 0 Å². The van der Waals surface area contributed by atoms with Gasteiger partial charge >= 0.3 is 0 Å². The Labute approximate surface area is 131 Å². The first-order valence-electron chi connectivity index (χ1n) is 8.00. The third-order valence-corrected chi connectivity index (χ3v) is 6.47. The summed E-state index contributed by atoms with van der Waals surface area (Å²) in [6, 6.07) is 8.61. The highest BCUT2D eigenvalue weighted by molar-refractivity contribution is 5.82. The zero-order chi connectivity index (χ0) is 16.1. The molecule has 0 aromatic heterocycles. The number of benzene rings is 1. The fourth-order valence-electron chi connectivity index (χ4n) is 4.55. The predicted octanol–water partition coefficient (Wildman–Crippen LogP) is 2.02. The number of carbonyl (C=O) groups excluding carboxylic acids is 1. The van der Waals surface area contributed by atoms with E-state index in [-0.39, 0.29) is 22.8 Å². The number of aliphatic hydroxyl groups is 2. The highest BCUT2D eigenvalue weighted by Crippen LogP contribution is 2.65. The second kappa shape index (κ2) is 5.07. The summed E-state index contributed by atoms with van der Waals surface area (Å²) in [6.07, 6.45) is 0.239. The van der Waals surface area contributed by atoms with Crippen LogP contribution in [0, 0.1) is 16.7 Å². The topological polar surface area (TPSA) is 69.6 Å². The van der Waals surface area contributed by atoms with Crippen LogP contribution in [-0.2, 0) is 4.79 Å². The molecule has 2 bridgehead atoms. The molecule has 1 amide bonds. The predicted molar refractivity (Wildman–Crippen MR) is 84.0 cm³/mol. The average Bonchev–Trinajstić information content (AvgIpc) is 2.81. The van der Waals surface area contributed by atoms with E-state index in [4.69, 9.17) is 0 Å². The van der Waals surface area contributed by atoms with Crippen molar-refractivity contribution < 1.29 is 15.0 Å². The number of hydrogen-bond donors (Lipinski definition) is 3. The molecule has 4 nitrogen and oxygen atoms in total. The van der Waals surface area contributed by atoms with Crippen LogP contribution in [0.1, 0.15) is 45.3 Å². The Bertz CT molecular complexity index is 571. The van der Waals surface area contributed by atoms with Gasteiger partial charge in [0, 0.05) is 5.41 Å².